The molecule has 0 aliphatic rings. The van der Waals surface area contributed by atoms with Gasteiger partial charge in [-0.25, -0.2) is 25.9 Å². The van der Waals surface area contributed by atoms with Crippen molar-refractivity contribution >= 4 is 31.2 Å². The minimum Gasteiger partial charge on any atom is -0.223 e. The molecule has 3 rings (SSSR count). The quantitative estimate of drug-likeness (QED) is 0.549. The molecule has 0 aliphatic heterocycles. The van der Waals surface area contributed by atoms with Gasteiger partial charge in [0.2, 0.25) is 10.0 Å². The van der Waals surface area contributed by atoms with Gasteiger partial charge in [-0.1, -0.05) is 18.2 Å². The van der Waals surface area contributed by atoms with Crippen molar-refractivity contribution in [3.05, 3.63) is 81.8 Å². The van der Waals surface area contributed by atoms with Gasteiger partial charge in [-0.2, -0.15) is 0 Å². The Balaban J connectivity index is 1.95. The molecule has 0 unspecified atom stereocenters. The molecule has 1 N–H and O–H groups in total. The molecule has 2 aromatic carbocycles. The lowest BCUT2D eigenvalue weighted by Gasteiger charge is -2.18. The van der Waals surface area contributed by atoms with Crippen LogP contribution in [0.25, 0.3) is 0 Å². The van der Waals surface area contributed by atoms with Gasteiger partial charge in [0.15, 0.2) is 9.84 Å². The van der Waals surface area contributed by atoms with Crippen LogP contribution in [-0.2, 0) is 19.9 Å². The summed E-state index contributed by atoms with van der Waals surface area (Å²) < 4.78 is 67.7. The van der Waals surface area contributed by atoms with Crippen LogP contribution in [0.3, 0.4) is 0 Å². The summed E-state index contributed by atoms with van der Waals surface area (Å²) >= 11 is 1.22. The lowest BCUT2D eigenvalue weighted by molar-refractivity contribution is 0.569. The number of hydrogen-bond donors (Lipinski definition) is 1. The summed E-state index contributed by atoms with van der Waals surface area (Å²) in [7, 11) is -7.87. The highest BCUT2D eigenvalue weighted by atomic mass is 32.2. The third-order valence-electron chi connectivity index (χ3n) is 4.47. The van der Waals surface area contributed by atoms with E-state index in [1.807, 2.05) is 6.07 Å². The van der Waals surface area contributed by atoms with Crippen molar-refractivity contribution in [3.63, 3.8) is 0 Å². The second-order valence-corrected chi connectivity index (χ2v) is 11.5. The Bertz CT molecular complexity index is 1200. The number of benzene rings is 2. The molecule has 5 nitrogen and oxygen atoms in total. The van der Waals surface area contributed by atoms with Gasteiger partial charge < -0.3 is 0 Å². The Kier molecular flexibility index (Phi) is 6.23. The van der Waals surface area contributed by atoms with Crippen LogP contribution >= 0.6 is 11.3 Å². The van der Waals surface area contributed by atoms with Gasteiger partial charge >= 0.3 is 0 Å². The molecule has 154 valence electrons. The predicted molar refractivity (Wildman–Crippen MR) is 112 cm³/mol. The topological polar surface area (TPSA) is 80.3 Å². The van der Waals surface area contributed by atoms with Crippen LogP contribution in [0.1, 0.15) is 21.3 Å². The lowest BCUT2D eigenvalue weighted by Crippen LogP contribution is -2.32. The first kappa shape index (κ1) is 21.6. The monoisotopic (exact) mass is 453 g/mol. The highest BCUT2D eigenvalue weighted by molar-refractivity contribution is 7.92. The standard InChI is InChI=1S/C20H20FNO4S3/c1-14-5-6-15(2)19(12-14)29(25,26)22-13-20(18-4-3-11-27-18)28(23,24)17-9-7-16(21)8-10-17/h3-12,20,22H,13H2,1-2H3/t20-/m0/s1. The van der Waals surface area contributed by atoms with Gasteiger partial charge in [0.25, 0.3) is 0 Å². The molecule has 3 aromatic rings. The van der Waals surface area contributed by atoms with E-state index >= 15 is 0 Å². The van der Waals surface area contributed by atoms with Crippen molar-refractivity contribution in [2.45, 2.75) is 28.9 Å². The fourth-order valence-electron chi connectivity index (χ4n) is 2.89. The van der Waals surface area contributed by atoms with E-state index in [1.54, 1.807) is 43.5 Å². The van der Waals surface area contributed by atoms with Gasteiger partial charge in [-0.05, 0) is 66.8 Å². The molecule has 0 saturated heterocycles. The zero-order valence-electron chi connectivity index (χ0n) is 15.8. The minimum atomic E-state index is -3.95. The number of sulfonamides is 1. The molecule has 9 heteroatoms. The van der Waals surface area contributed by atoms with Crippen LogP contribution in [0.2, 0.25) is 0 Å². The maximum Gasteiger partial charge on any atom is 0.240 e. The summed E-state index contributed by atoms with van der Waals surface area (Å²) in [5.74, 6) is -0.549. The number of thiophene rings is 1. The Labute approximate surface area is 174 Å². The Morgan fingerprint density at radius 3 is 2.31 bits per heavy atom. The average Bonchev–Trinajstić information content (AvgIpc) is 3.18. The molecule has 1 heterocycles. The van der Waals surface area contributed by atoms with E-state index in [2.05, 4.69) is 4.72 Å². The first-order chi connectivity index (χ1) is 13.6. The Hall–Kier alpha value is -2.07. The predicted octanol–water partition coefficient (Wildman–Crippen LogP) is 4.00. The molecule has 0 fully saturated rings. The lowest BCUT2D eigenvalue weighted by atomic mass is 10.2. The SMILES string of the molecule is Cc1ccc(C)c(S(=O)(=O)NC[C@@H](c2cccs2)S(=O)(=O)c2ccc(F)cc2)c1. The number of aryl methyl sites for hydroxylation is 2. The van der Waals surface area contributed by atoms with Crippen molar-refractivity contribution in [1.82, 2.24) is 4.72 Å². The summed E-state index contributed by atoms with van der Waals surface area (Å²) in [6.07, 6.45) is 0. The van der Waals surface area contributed by atoms with Crippen LogP contribution in [-0.4, -0.2) is 23.4 Å². The van der Waals surface area contributed by atoms with Crippen molar-refractivity contribution in [3.8, 4) is 0 Å². The third-order valence-corrected chi connectivity index (χ3v) is 9.27. The molecule has 29 heavy (non-hydrogen) atoms. The molecule has 1 aromatic heterocycles. The average molecular weight is 454 g/mol. The van der Waals surface area contributed by atoms with Gasteiger partial charge in [-0.15, -0.1) is 11.3 Å². The number of hydrogen-bond acceptors (Lipinski definition) is 5. The Morgan fingerprint density at radius 1 is 1.00 bits per heavy atom. The highest BCUT2D eigenvalue weighted by Gasteiger charge is 2.32. The molecule has 0 spiro atoms. The van der Waals surface area contributed by atoms with Gasteiger partial charge in [0, 0.05) is 11.4 Å². The minimum absolute atomic E-state index is 0.0664. The maximum atomic E-state index is 13.2. The van der Waals surface area contributed by atoms with Crippen molar-refractivity contribution in [2.75, 3.05) is 6.54 Å². The highest BCUT2D eigenvalue weighted by Crippen LogP contribution is 2.32. The number of nitrogens with one attached hydrogen (secondary N) is 1. The van der Waals surface area contributed by atoms with Crippen molar-refractivity contribution in [1.29, 1.82) is 0 Å². The summed E-state index contributed by atoms with van der Waals surface area (Å²) in [6, 6.07) is 12.9. The van der Waals surface area contributed by atoms with Crippen LogP contribution < -0.4 is 4.72 Å². The van der Waals surface area contributed by atoms with Crippen molar-refractivity contribution in [2.24, 2.45) is 0 Å². The largest absolute Gasteiger partial charge is 0.240 e. The zero-order chi connectivity index (χ0) is 21.2. The summed E-state index contributed by atoms with van der Waals surface area (Å²) in [6.45, 7) is 3.13. The molecule has 0 aliphatic carbocycles. The molecule has 0 bridgehead atoms. The summed E-state index contributed by atoms with van der Waals surface area (Å²) in [5.41, 5.74) is 1.35. The van der Waals surface area contributed by atoms with E-state index in [1.165, 1.54) is 23.5 Å². The number of rotatable bonds is 7. The van der Waals surface area contributed by atoms with Gasteiger partial charge in [0.05, 0.1) is 9.79 Å². The molecular formula is C20H20FNO4S3. The second kappa shape index (κ2) is 8.35. The Morgan fingerprint density at radius 2 is 1.69 bits per heavy atom. The van der Waals surface area contributed by atoms with E-state index in [0.29, 0.717) is 10.4 Å². The zero-order valence-corrected chi connectivity index (χ0v) is 18.2. The van der Waals surface area contributed by atoms with E-state index in [-0.39, 0.29) is 16.3 Å². The first-order valence-corrected chi connectivity index (χ1v) is 12.6. The van der Waals surface area contributed by atoms with Crippen LogP contribution in [0.5, 0.6) is 0 Å². The number of halogens is 1. The van der Waals surface area contributed by atoms with E-state index in [4.69, 9.17) is 0 Å². The second-order valence-electron chi connectivity index (χ2n) is 6.62. The maximum absolute atomic E-state index is 13.2. The molecular weight excluding hydrogens is 433 g/mol. The van der Waals surface area contributed by atoms with Crippen molar-refractivity contribution < 1.29 is 21.2 Å². The smallest absolute Gasteiger partial charge is 0.223 e. The molecule has 0 radical (unpaired) electrons. The van der Waals surface area contributed by atoms with Gasteiger partial charge in [-0.3, -0.25) is 0 Å². The fraction of sp³-hybridized carbons (Fsp3) is 0.200. The molecule has 0 saturated carbocycles. The van der Waals surface area contributed by atoms with Crippen LogP contribution in [0, 0.1) is 19.7 Å². The van der Waals surface area contributed by atoms with Gasteiger partial charge in [0.1, 0.15) is 11.1 Å². The van der Waals surface area contributed by atoms with Crippen LogP contribution in [0.15, 0.2) is 69.8 Å². The van der Waals surface area contributed by atoms with Crippen LogP contribution in [0.4, 0.5) is 4.39 Å². The first-order valence-electron chi connectivity index (χ1n) is 8.71. The van der Waals surface area contributed by atoms with E-state index in [9.17, 15) is 21.2 Å². The molecule has 1 atom stereocenters. The van der Waals surface area contributed by atoms with E-state index in [0.717, 1.165) is 17.7 Å². The third kappa shape index (κ3) is 4.75. The van der Waals surface area contributed by atoms with E-state index < -0.39 is 30.9 Å². The summed E-state index contributed by atoms with van der Waals surface area (Å²) in [4.78, 5) is 0.544. The summed E-state index contributed by atoms with van der Waals surface area (Å²) in [5, 5.41) is 0.592. The normalized spacial score (nSPS) is 13.3. The molecule has 0 amide bonds. The number of sulfone groups is 1. The fourth-order valence-corrected chi connectivity index (χ4v) is 7.15.